The molecule has 0 heterocycles. The number of amides is 3. The Kier molecular flexibility index (Phi) is 11.3. The molecule has 12 nitrogen and oxygen atoms in total. The molecule has 0 fully saturated rings. The third-order valence-electron chi connectivity index (χ3n) is 8.57. The molecule has 0 radical (unpaired) electrons. The van der Waals surface area contributed by atoms with Crippen molar-refractivity contribution in [3.05, 3.63) is 165 Å². The molecule has 0 saturated heterocycles. The van der Waals surface area contributed by atoms with E-state index in [-0.39, 0.29) is 43.0 Å². The number of nitro groups is 1. The van der Waals surface area contributed by atoms with Gasteiger partial charge in [0.15, 0.2) is 17.2 Å². The van der Waals surface area contributed by atoms with Gasteiger partial charge in [0.2, 0.25) is 11.8 Å². The van der Waals surface area contributed by atoms with Crippen molar-refractivity contribution in [2.75, 3.05) is 6.54 Å². The highest BCUT2D eigenvalue weighted by Gasteiger charge is 2.37. The molecular weight excluding hydrogens is 652 g/mol. The first kappa shape index (κ1) is 35.6. The van der Waals surface area contributed by atoms with E-state index in [2.05, 4.69) is 16.0 Å². The number of carbonyl (C=O) groups is 3. The van der Waals surface area contributed by atoms with E-state index in [1.54, 1.807) is 0 Å². The average molecular weight is 689 g/mol. The van der Waals surface area contributed by atoms with Crippen LogP contribution in [0.15, 0.2) is 127 Å². The number of benzene rings is 5. The largest absolute Gasteiger partial charge is 0.504 e. The molecule has 51 heavy (non-hydrogen) atoms. The number of hydrogen-bond donors (Lipinski definition) is 6. The Morgan fingerprint density at radius 2 is 1.24 bits per heavy atom. The minimum Gasteiger partial charge on any atom is -0.504 e. The third-order valence-corrected chi connectivity index (χ3v) is 8.57. The zero-order chi connectivity index (χ0) is 36.4. The van der Waals surface area contributed by atoms with Gasteiger partial charge in [0.1, 0.15) is 6.04 Å². The highest BCUT2D eigenvalue weighted by atomic mass is 16.6. The molecule has 0 saturated carbocycles. The Morgan fingerprint density at radius 1 is 0.686 bits per heavy atom. The van der Waals surface area contributed by atoms with Crippen molar-refractivity contribution >= 4 is 23.4 Å². The average Bonchev–Trinajstić information content (AvgIpc) is 3.15. The summed E-state index contributed by atoms with van der Waals surface area (Å²) in [4.78, 5) is 50.7. The van der Waals surface area contributed by atoms with E-state index < -0.39 is 45.5 Å². The van der Waals surface area contributed by atoms with Crippen molar-refractivity contribution < 1.29 is 34.6 Å². The van der Waals surface area contributed by atoms with Crippen LogP contribution in [0.4, 0.5) is 5.69 Å². The lowest BCUT2D eigenvalue weighted by Gasteiger charge is -2.36. The lowest BCUT2D eigenvalue weighted by Crippen LogP contribution is -2.47. The number of phenols is 3. The zero-order valence-corrected chi connectivity index (χ0v) is 27.4. The van der Waals surface area contributed by atoms with Crippen LogP contribution in [0.25, 0.3) is 0 Å². The van der Waals surface area contributed by atoms with E-state index in [1.807, 2.05) is 91.0 Å². The monoisotopic (exact) mass is 688 g/mol. The summed E-state index contributed by atoms with van der Waals surface area (Å²) in [5.74, 6) is -3.23. The van der Waals surface area contributed by atoms with E-state index in [0.29, 0.717) is 5.56 Å². The van der Waals surface area contributed by atoms with Crippen LogP contribution in [-0.2, 0) is 21.5 Å². The molecule has 5 aromatic carbocycles. The number of hydrogen-bond acceptors (Lipinski definition) is 8. The molecule has 5 aromatic rings. The summed E-state index contributed by atoms with van der Waals surface area (Å²) in [7, 11) is 0. The Morgan fingerprint density at radius 3 is 1.76 bits per heavy atom. The maximum Gasteiger partial charge on any atom is 0.311 e. The molecule has 0 aliphatic heterocycles. The topological polar surface area (TPSA) is 191 Å². The second kappa shape index (κ2) is 16.1. The summed E-state index contributed by atoms with van der Waals surface area (Å²) in [6, 6.07) is 35.2. The number of carbonyl (C=O) groups excluding carboxylic acids is 3. The molecule has 1 atom stereocenters. The van der Waals surface area contributed by atoms with Crippen LogP contribution in [0, 0.1) is 10.1 Å². The van der Waals surface area contributed by atoms with E-state index in [0.717, 1.165) is 28.8 Å². The van der Waals surface area contributed by atoms with Gasteiger partial charge in [-0.1, -0.05) is 97.1 Å². The second-order valence-electron chi connectivity index (χ2n) is 11.8. The summed E-state index contributed by atoms with van der Waals surface area (Å²) in [5.41, 5.74) is 1.68. The Balaban J connectivity index is 1.36. The van der Waals surface area contributed by atoms with Gasteiger partial charge in [-0.15, -0.1) is 0 Å². The van der Waals surface area contributed by atoms with Gasteiger partial charge in [-0.25, -0.2) is 0 Å². The van der Waals surface area contributed by atoms with Gasteiger partial charge in [0.25, 0.3) is 5.91 Å². The molecule has 0 aliphatic carbocycles. The van der Waals surface area contributed by atoms with Crippen LogP contribution < -0.4 is 16.0 Å². The van der Waals surface area contributed by atoms with Crippen LogP contribution in [-0.4, -0.2) is 50.6 Å². The van der Waals surface area contributed by atoms with Crippen LogP contribution in [0.3, 0.4) is 0 Å². The molecule has 0 unspecified atom stereocenters. The van der Waals surface area contributed by atoms with Crippen LogP contribution in [0.5, 0.6) is 17.2 Å². The highest BCUT2D eigenvalue weighted by Crippen LogP contribution is 2.38. The summed E-state index contributed by atoms with van der Waals surface area (Å²) in [5, 5.41) is 48.9. The first-order chi connectivity index (χ1) is 24.6. The molecule has 260 valence electrons. The predicted molar refractivity (Wildman–Crippen MR) is 189 cm³/mol. The molecule has 3 amide bonds. The minimum atomic E-state index is -1.26. The Hall–Kier alpha value is -6.69. The number of nitrogens with zero attached hydrogens (tertiary/aromatic N) is 1. The fourth-order valence-corrected chi connectivity index (χ4v) is 5.88. The molecule has 12 heteroatoms. The van der Waals surface area contributed by atoms with E-state index in [4.69, 9.17) is 0 Å². The maximum absolute atomic E-state index is 13.6. The van der Waals surface area contributed by atoms with E-state index in [1.165, 1.54) is 24.3 Å². The SMILES string of the molecule is O=C(CC[C@H](NC(=O)c1ccc(O)c([N+](=O)[O-])c1)C(=O)NCc1ccc(O)c(O)c1)NCC(c1ccccc1)(c1ccccc1)c1ccccc1. The molecule has 0 bridgehead atoms. The van der Waals surface area contributed by atoms with Crippen LogP contribution in [0.2, 0.25) is 0 Å². The second-order valence-corrected chi connectivity index (χ2v) is 11.8. The number of phenolic OH excluding ortho intramolecular Hbond substituents is 3. The van der Waals surface area contributed by atoms with Crippen molar-refractivity contribution in [1.29, 1.82) is 0 Å². The van der Waals surface area contributed by atoms with Crippen molar-refractivity contribution in [2.45, 2.75) is 30.8 Å². The van der Waals surface area contributed by atoms with Crippen molar-refractivity contribution in [3.8, 4) is 17.2 Å². The lowest BCUT2D eigenvalue weighted by molar-refractivity contribution is -0.385. The van der Waals surface area contributed by atoms with Crippen LogP contribution in [0.1, 0.15) is 45.5 Å². The van der Waals surface area contributed by atoms with Gasteiger partial charge in [0, 0.05) is 31.1 Å². The smallest absolute Gasteiger partial charge is 0.311 e. The van der Waals surface area contributed by atoms with Crippen molar-refractivity contribution in [3.63, 3.8) is 0 Å². The lowest BCUT2D eigenvalue weighted by atomic mass is 9.69. The molecule has 0 aliphatic rings. The Labute approximate surface area is 293 Å². The fourth-order valence-electron chi connectivity index (χ4n) is 5.88. The standard InChI is InChI=1S/C39H36N4O8/c44-33-20-17-27(23-32(33)43(50)51)37(48)42-31(38(49)40-24-26-16-19-34(45)35(46)22-26)18-21-36(47)41-25-39(28-10-4-1-5-11-28,29-12-6-2-7-13-29)30-14-8-3-9-15-30/h1-17,19-20,22-23,31,44-46H,18,21,24-25H2,(H,40,49)(H,41,47)(H,42,48)/t31-/m0/s1. The Bertz CT molecular complexity index is 1910. The zero-order valence-electron chi connectivity index (χ0n) is 27.4. The number of aromatic hydroxyl groups is 3. The van der Waals surface area contributed by atoms with Gasteiger partial charge >= 0.3 is 5.69 Å². The van der Waals surface area contributed by atoms with E-state index in [9.17, 15) is 39.8 Å². The third kappa shape index (κ3) is 8.49. The molecular formula is C39H36N4O8. The maximum atomic E-state index is 13.6. The number of rotatable bonds is 14. The molecule has 0 spiro atoms. The summed E-state index contributed by atoms with van der Waals surface area (Å²) >= 11 is 0. The summed E-state index contributed by atoms with van der Waals surface area (Å²) in [6.07, 6.45) is -0.317. The van der Waals surface area contributed by atoms with Crippen molar-refractivity contribution in [2.24, 2.45) is 0 Å². The highest BCUT2D eigenvalue weighted by molar-refractivity contribution is 5.98. The molecule has 6 N–H and O–H groups in total. The normalized spacial score (nSPS) is 11.6. The van der Waals surface area contributed by atoms with Crippen LogP contribution >= 0.6 is 0 Å². The van der Waals surface area contributed by atoms with Gasteiger partial charge in [-0.05, 0) is 52.9 Å². The number of nitro benzene ring substituents is 1. The van der Waals surface area contributed by atoms with Gasteiger partial charge in [-0.2, -0.15) is 0 Å². The number of nitrogens with one attached hydrogen (secondary N) is 3. The van der Waals surface area contributed by atoms with Gasteiger partial charge < -0.3 is 31.3 Å². The summed E-state index contributed by atoms with van der Waals surface area (Å²) in [6.45, 7) is 0.0955. The first-order valence-corrected chi connectivity index (χ1v) is 16.1. The summed E-state index contributed by atoms with van der Waals surface area (Å²) < 4.78 is 0. The minimum absolute atomic E-state index is 0.0797. The molecule has 5 rings (SSSR count). The van der Waals surface area contributed by atoms with Gasteiger partial charge in [-0.3, -0.25) is 24.5 Å². The fraction of sp³-hybridized carbons (Fsp3) is 0.154. The predicted octanol–water partition coefficient (Wildman–Crippen LogP) is 5.06. The van der Waals surface area contributed by atoms with Gasteiger partial charge in [0.05, 0.1) is 10.3 Å². The molecule has 0 aromatic heterocycles. The van der Waals surface area contributed by atoms with E-state index >= 15 is 0 Å². The first-order valence-electron chi connectivity index (χ1n) is 16.1. The van der Waals surface area contributed by atoms with Crippen molar-refractivity contribution in [1.82, 2.24) is 16.0 Å². The quantitative estimate of drug-likeness (QED) is 0.0404.